The lowest BCUT2D eigenvalue weighted by Gasteiger charge is -2.01. The van der Waals surface area contributed by atoms with E-state index < -0.39 is 9.84 Å². The lowest BCUT2D eigenvalue weighted by Crippen LogP contribution is -2.04. The van der Waals surface area contributed by atoms with Crippen LogP contribution in [0.5, 0.6) is 0 Å². The zero-order valence-electron chi connectivity index (χ0n) is 10.8. The molecule has 0 radical (unpaired) electrons. The van der Waals surface area contributed by atoms with Gasteiger partial charge in [-0.2, -0.15) is 0 Å². The number of aromatic nitrogens is 1. The van der Waals surface area contributed by atoms with Crippen molar-refractivity contribution in [1.82, 2.24) is 4.98 Å². The minimum absolute atomic E-state index is 0.0742. The maximum absolute atomic E-state index is 12.2. The highest BCUT2D eigenvalue weighted by molar-refractivity contribution is 7.90. The summed E-state index contributed by atoms with van der Waals surface area (Å²) in [4.78, 5) is 5.57. The summed E-state index contributed by atoms with van der Waals surface area (Å²) in [7, 11) is -3.34. The second kappa shape index (κ2) is 5.40. The van der Waals surface area contributed by atoms with Crippen LogP contribution in [-0.2, 0) is 15.6 Å². The van der Waals surface area contributed by atoms with Crippen LogP contribution in [-0.4, -0.2) is 13.4 Å². The van der Waals surface area contributed by atoms with Gasteiger partial charge in [0.15, 0.2) is 9.84 Å². The van der Waals surface area contributed by atoms with Crippen molar-refractivity contribution in [2.45, 2.75) is 30.5 Å². The van der Waals surface area contributed by atoms with E-state index in [1.807, 2.05) is 13.8 Å². The molecule has 2 N–H and O–H groups in total. The molecule has 1 unspecified atom stereocenters. The summed E-state index contributed by atoms with van der Waals surface area (Å²) >= 11 is 1.37. The van der Waals surface area contributed by atoms with Gasteiger partial charge in [0, 0.05) is 10.9 Å². The van der Waals surface area contributed by atoms with Gasteiger partial charge in [-0.15, -0.1) is 11.3 Å². The van der Waals surface area contributed by atoms with E-state index in [2.05, 4.69) is 4.98 Å². The monoisotopic (exact) mass is 296 g/mol. The lowest BCUT2D eigenvalue weighted by molar-refractivity contribution is 0.595. The Morgan fingerprint density at radius 1 is 1.32 bits per heavy atom. The molecule has 0 amide bonds. The smallest absolute Gasteiger partial charge is 0.184 e. The second-order valence-corrected chi connectivity index (χ2v) is 7.52. The van der Waals surface area contributed by atoms with Gasteiger partial charge < -0.3 is 5.73 Å². The van der Waals surface area contributed by atoms with Crippen LogP contribution in [0.2, 0.25) is 0 Å². The minimum atomic E-state index is -3.34. The second-order valence-electron chi connectivity index (χ2n) is 4.42. The highest BCUT2D eigenvalue weighted by Crippen LogP contribution is 2.26. The average Bonchev–Trinajstić information content (AvgIpc) is 2.71. The molecule has 0 spiro atoms. The zero-order chi connectivity index (χ0) is 14.0. The van der Waals surface area contributed by atoms with Crippen molar-refractivity contribution in [1.29, 1.82) is 0 Å². The van der Waals surface area contributed by atoms with E-state index in [9.17, 15) is 8.42 Å². The van der Waals surface area contributed by atoms with Crippen LogP contribution >= 0.6 is 11.3 Å². The fourth-order valence-corrected chi connectivity index (χ4v) is 4.47. The van der Waals surface area contributed by atoms with Gasteiger partial charge in [0.2, 0.25) is 0 Å². The van der Waals surface area contributed by atoms with Gasteiger partial charge >= 0.3 is 0 Å². The number of thiazole rings is 1. The normalized spacial score (nSPS) is 13.4. The molecular formula is C13H16N2O2S2. The number of nitrogens with zero attached hydrogens (tertiary/aromatic N) is 1. The van der Waals surface area contributed by atoms with Crippen molar-refractivity contribution >= 4 is 21.2 Å². The summed E-state index contributed by atoms with van der Waals surface area (Å²) < 4.78 is 24.5. The summed E-state index contributed by atoms with van der Waals surface area (Å²) in [6.07, 6.45) is 0. The first-order valence-electron chi connectivity index (χ1n) is 5.90. The SMILES string of the molecule is Cc1nc(CS(=O)(=O)c2ccccc2)sc1C(C)N. The summed E-state index contributed by atoms with van der Waals surface area (Å²) in [6.45, 7) is 3.73. The highest BCUT2D eigenvalue weighted by atomic mass is 32.2. The average molecular weight is 296 g/mol. The van der Waals surface area contributed by atoms with Crippen molar-refractivity contribution in [3.05, 3.63) is 45.9 Å². The maximum Gasteiger partial charge on any atom is 0.184 e. The van der Waals surface area contributed by atoms with Gasteiger partial charge in [0.25, 0.3) is 0 Å². The number of aryl methyl sites for hydroxylation is 1. The van der Waals surface area contributed by atoms with Crippen molar-refractivity contribution in [3.8, 4) is 0 Å². The molecule has 6 heteroatoms. The number of sulfone groups is 1. The van der Waals surface area contributed by atoms with E-state index in [-0.39, 0.29) is 11.8 Å². The molecule has 0 saturated carbocycles. The van der Waals surface area contributed by atoms with E-state index in [4.69, 9.17) is 5.73 Å². The molecule has 4 nitrogen and oxygen atoms in total. The molecule has 0 saturated heterocycles. The van der Waals surface area contributed by atoms with Crippen LogP contribution in [0.3, 0.4) is 0 Å². The first-order valence-corrected chi connectivity index (χ1v) is 8.36. The van der Waals surface area contributed by atoms with Crippen LogP contribution in [0.1, 0.15) is 28.5 Å². The van der Waals surface area contributed by atoms with Gasteiger partial charge in [0.1, 0.15) is 10.8 Å². The fourth-order valence-electron chi connectivity index (χ4n) is 1.82. The maximum atomic E-state index is 12.2. The fraction of sp³-hybridized carbons (Fsp3) is 0.308. The molecule has 1 heterocycles. The Bertz CT molecular complexity index is 661. The third kappa shape index (κ3) is 3.20. The first kappa shape index (κ1) is 14.2. The summed E-state index contributed by atoms with van der Waals surface area (Å²) in [5.41, 5.74) is 6.64. The molecular weight excluding hydrogens is 280 g/mol. The molecule has 102 valence electrons. The summed E-state index contributed by atoms with van der Waals surface area (Å²) in [6, 6.07) is 8.30. The van der Waals surface area contributed by atoms with Crippen LogP contribution in [0.15, 0.2) is 35.2 Å². The Kier molecular flexibility index (Phi) is 4.03. The van der Waals surface area contributed by atoms with Crippen LogP contribution in [0, 0.1) is 6.92 Å². The van der Waals surface area contributed by atoms with Gasteiger partial charge in [-0.25, -0.2) is 13.4 Å². The molecule has 0 bridgehead atoms. The third-order valence-electron chi connectivity index (χ3n) is 2.71. The lowest BCUT2D eigenvalue weighted by atomic mass is 10.2. The number of nitrogens with two attached hydrogens (primary N) is 1. The molecule has 0 aliphatic rings. The molecule has 19 heavy (non-hydrogen) atoms. The van der Waals surface area contributed by atoms with E-state index in [1.165, 1.54) is 11.3 Å². The molecule has 1 aromatic carbocycles. The minimum Gasteiger partial charge on any atom is -0.323 e. The Hall–Kier alpha value is -1.24. The van der Waals surface area contributed by atoms with Crippen LogP contribution in [0.4, 0.5) is 0 Å². The van der Waals surface area contributed by atoms with Gasteiger partial charge in [-0.1, -0.05) is 18.2 Å². The third-order valence-corrected chi connectivity index (χ3v) is 5.89. The predicted molar refractivity (Wildman–Crippen MR) is 76.8 cm³/mol. The Morgan fingerprint density at radius 2 is 1.95 bits per heavy atom. The van der Waals surface area contributed by atoms with E-state index in [1.54, 1.807) is 30.3 Å². The van der Waals surface area contributed by atoms with Gasteiger partial charge in [-0.05, 0) is 26.0 Å². The Balaban J connectivity index is 2.29. The molecule has 0 aliphatic carbocycles. The number of hydrogen-bond donors (Lipinski definition) is 1. The largest absolute Gasteiger partial charge is 0.323 e. The number of benzene rings is 1. The van der Waals surface area contributed by atoms with Crippen molar-refractivity contribution in [3.63, 3.8) is 0 Å². The van der Waals surface area contributed by atoms with Crippen LogP contribution < -0.4 is 5.73 Å². The molecule has 0 aliphatic heterocycles. The van der Waals surface area contributed by atoms with E-state index >= 15 is 0 Å². The molecule has 2 aromatic rings. The topological polar surface area (TPSA) is 73.0 Å². The molecule has 1 aromatic heterocycles. The van der Waals surface area contributed by atoms with Gasteiger partial charge in [-0.3, -0.25) is 0 Å². The van der Waals surface area contributed by atoms with Crippen molar-refractivity contribution in [2.24, 2.45) is 5.73 Å². The summed E-state index contributed by atoms with van der Waals surface area (Å²) in [5.74, 6) is -0.0742. The van der Waals surface area contributed by atoms with E-state index in [0.29, 0.717) is 9.90 Å². The molecule has 0 fully saturated rings. The van der Waals surface area contributed by atoms with Gasteiger partial charge in [0.05, 0.1) is 10.6 Å². The van der Waals surface area contributed by atoms with Crippen LogP contribution in [0.25, 0.3) is 0 Å². The molecule has 2 rings (SSSR count). The molecule has 1 atom stereocenters. The Morgan fingerprint density at radius 3 is 2.47 bits per heavy atom. The zero-order valence-corrected chi connectivity index (χ0v) is 12.5. The highest BCUT2D eigenvalue weighted by Gasteiger charge is 2.19. The number of hydrogen-bond acceptors (Lipinski definition) is 5. The van der Waals surface area contributed by atoms with Crippen molar-refractivity contribution in [2.75, 3.05) is 0 Å². The summed E-state index contributed by atoms with van der Waals surface area (Å²) in [5, 5.41) is 0.591. The first-order chi connectivity index (χ1) is 8.90. The predicted octanol–water partition coefficient (Wildman–Crippen LogP) is 2.45. The number of rotatable bonds is 4. The standard InChI is InChI=1S/C13H16N2O2S2/c1-9(14)13-10(2)15-12(18-13)8-19(16,17)11-6-4-3-5-7-11/h3-7,9H,8,14H2,1-2H3. The van der Waals surface area contributed by atoms with Crippen molar-refractivity contribution < 1.29 is 8.42 Å². The quantitative estimate of drug-likeness (QED) is 0.940. The Labute approximate surface area is 117 Å². The van der Waals surface area contributed by atoms with E-state index in [0.717, 1.165) is 10.6 Å².